The number of nitro benzene ring substituents is 1. The quantitative estimate of drug-likeness (QED) is 0.564. The van der Waals surface area contributed by atoms with Crippen molar-refractivity contribution in [2.24, 2.45) is 0 Å². The fourth-order valence-electron chi connectivity index (χ4n) is 2.72. The van der Waals surface area contributed by atoms with Crippen molar-refractivity contribution < 1.29 is 18.9 Å². The molecule has 28 heavy (non-hydrogen) atoms. The normalized spacial score (nSPS) is 11.4. The van der Waals surface area contributed by atoms with Gasteiger partial charge in [0.2, 0.25) is 11.8 Å². The number of fused-ring (bicyclic) bond motifs is 1. The number of rotatable bonds is 7. The summed E-state index contributed by atoms with van der Waals surface area (Å²) in [5.41, 5.74) is 0.0145. The van der Waals surface area contributed by atoms with Crippen LogP contribution in [0.5, 0.6) is 0 Å². The third-order valence-electron chi connectivity index (χ3n) is 3.96. The van der Waals surface area contributed by atoms with Gasteiger partial charge in [0, 0.05) is 31.6 Å². The van der Waals surface area contributed by atoms with Crippen LogP contribution in [0.4, 0.5) is 5.69 Å². The number of non-ortho nitro benzene ring substituents is 1. The Kier molecular flexibility index (Phi) is 6.22. The molecule has 2 amide bonds. The molecule has 0 radical (unpaired) electrons. The minimum absolute atomic E-state index is 0.0473. The summed E-state index contributed by atoms with van der Waals surface area (Å²) in [6.45, 7) is 5.74. The number of amides is 2. The average Bonchev–Trinajstić information content (AvgIpc) is 2.87. The molecule has 1 aromatic heterocycles. The van der Waals surface area contributed by atoms with Crippen molar-refractivity contribution in [1.29, 1.82) is 0 Å². The maximum atomic E-state index is 12.2. The second-order valence-corrected chi connectivity index (χ2v) is 7.58. The molecule has 1 aromatic carbocycles. The van der Waals surface area contributed by atoms with Crippen LogP contribution in [0.3, 0.4) is 0 Å². The highest BCUT2D eigenvalue weighted by molar-refractivity contribution is 5.85. The Bertz CT molecular complexity index is 953. The van der Waals surface area contributed by atoms with Crippen molar-refractivity contribution in [3.05, 3.63) is 38.9 Å². The lowest BCUT2D eigenvalue weighted by molar-refractivity contribution is -0.384. The molecule has 0 saturated carbocycles. The van der Waals surface area contributed by atoms with Crippen LogP contribution in [-0.2, 0) is 16.1 Å². The van der Waals surface area contributed by atoms with Crippen LogP contribution in [0.2, 0.25) is 0 Å². The molecule has 1 heterocycles. The molecule has 0 aliphatic rings. The fraction of sp³-hybridized carbons (Fsp3) is 0.500. The highest BCUT2D eigenvalue weighted by atomic mass is 16.6. The van der Waals surface area contributed by atoms with Crippen molar-refractivity contribution in [2.45, 2.75) is 45.7 Å². The number of aryl methyl sites for hydroxylation is 1. The van der Waals surface area contributed by atoms with Crippen molar-refractivity contribution in [3.63, 3.8) is 0 Å². The second kappa shape index (κ2) is 8.24. The van der Waals surface area contributed by atoms with E-state index in [9.17, 15) is 24.5 Å². The molecular formula is C18H24N4O6. The molecule has 0 saturated heterocycles. The monoisotopic (exact) mass is 392 g/mol. The molecule has 2 rings (SSSR count). The van der Waals surface area contributed by atoms with Crippen LogP contribution >= 0.6 is 0 Å². The minimum atomic E-state index is -0.638. The summed E-state index contributed by atoms with van der Waals surface area (Å²) in [4.78, 5) is 47.7. The van der Waals surface area contributed by atoms with Crippen LogP contribution in [0.25, 0.3) is 11.1 Å². The highest BCUT2D eigenvalue weighted by Crippen LogP contribution is 2.20. The Morgan fingerprint density at radius 3 is 2.61 bits per heavy atom. The molecule has 0 fully saturated rings. The van der Waals surface area contributed by atoms with Gasteiger partial charge in [0.25, 0.3) is 5.69 Å². The summed E-state index contributed by atoms with van der Waals surface area (Å²) < 4.78 is 6.38. The van der Waals surface area contributed by atoms with E-state index < -0.39 is 10.7 Å². The van der Waals surface area contributed by atoms with E-state index in [1.807, 2.05) is 20.8 Å². The Hall–Kier alpha value is -3.17. The summed E-state index contributed by atoms with van der Waals surface area (Å²) >= 11 is 0. The third-order valence-corrected chi connectivity index (χ3v) is 3.96. The molecular weight excluding hydrogens is 368 g/mol. The van der Waals surface area contributed by atoms with Crippen LogP contribution in [-0.4, -0.2) is 45.3 Å². The van der Waals surface area contributed by atoms with Crippen LogP contribution < -0.4 is 11.1 Å². The van der Waals surface area contributed by atoms with Gasteiger partial charge in [0.1, 0.15) is 0 Å². The molecule has 152 valence electrons. The van der Waals surface area contributed by atoms with Gasteiger partial charge in [-0.1, -0.05) is 0 Å². The van der Waals surface area contributed by atoms with E-state index in [4.69, 9.17) is 4.42 Å². The standard InChI is InChI=1S/C18H24N4O6/c1-18(2,3)19-15(23)11-20(4)16(24)6-5-9-21-13-8-7-12(22(26)27)10-14(13)28-17(21)25/h7-8,10H,5-6,9,11H2,1-4H3,(H,19,23). The largest absolute Gasteiger partial charge is 0.419 e. The third kappa shape index (κ3) is 5.41. The van der Waals surface area contributed by atoms with Crippen LogP contribution in [0.1, 0.15) is 33.6 Å². The summed E-state index contributed by atoms with van der Waals surface area (Å²) in [6.07, 6.45) is 0.501. The molecule has 10 heteroatoms. The lowest BCUT2D eigenvalue weighted by Crippen LogP contribution is -2.46. The molecule has 0 aliphatic heterocycles. The predicted octanol–water partition coefficient (Wildman–Crippen LogP) is 1.66. The summed E-state index contributed by atoms with van der Waals surface area (Å²) in [5, 5.41) is 13.6. The summed E-state index contributed by atoms with van der Waals surface area (Å²) in [6, 6.07) is 3.93. The molecule has 1 N–H and O–H groups in total. The van der Waals surface area contributed by atoms with Crippen LogP contribution in [0, 0.1) is 10.1 Å². The number of nitro groups is 1. The topological polar surface area (TPSA) is 128 Å². The first-order valence-electron chi connectivity index (χ1n) is 8.81. The zero-order chi connectivity index (χ0) is 21.1. The van der Waals surface area contributed by atoms with E-state index in [2.05, 4.69) is 5.32 Å². The fourth-order valence-corrected chi connectivity index (χ4v) is 2.72. The smallest absolute Gasteiger partial charge is 0.407 e. The number of nitrogens with one attached hydrogen (secondary N) is 1. The number of hydrogen-bond acceptors (Lipinski definition) is 6. The van der Waals surface area contributed by atoms with Crippen molar-refractivity contribution in [3.8, 4) is 0 Å². The first-order valence-corrected chi connectivity index (χ1v) is 8.81. The van der Waals surface area contributed by atoms with E-state index in [1.165, 1.54) is 27.7 Å². The number of aromatic nitrogens is 1. The van der Waals surface area contributed by atoms with Crippen molar-refractivity contribution >= 4 is 28.6 Å². The number of carbonyl (C=O) groups excluding carboxylic acids is 2. The van der Waals surface area contributed by atoms with E-state index >= 15 is 0 Å². The highest BCUT2D eigenvalue weighted by Gasteiger charge is 2.18. The second-order valence-electron chi connectivity index (χ2n) is 7.58. The van der Waals surface area contributed by atoms with Gasteiger partial charge in [-0.25, -0.2) is 4.79 Å². The Morgan fingerprint density at radius 2 is 2.00 bits per heavy atom. The number of benzene rings is 1. The Labute approximate surface area is 161 Å². The Balaban J connectivity index is 1.95. The number of carbonyl (C=O) groups is 2. The predicted molar refractivity (Wildman–Crippen MR) is 102 cm³/mol. The zero-order valence-electron chi connectivity index (χ0n) is 16.4. The number of oxazole rings is 1. The maximum absolute atomic E-state index is 12.2. The molecule has 0 unspecified atom stereocenters. The first-order chi connectivity index (χ1) is 13.0. The lowest BCUT2D eigenvalue weighted by Gasteiger charge is -2.23. The van der Waals surface area contributed by atoms with Gasteiger partial charge in [-0.15, -0.1) is 0 Å². The van der Waals surface area contributed by atoms with E-state index in [-0.39, 0.29) is 48.1 Å². The van der Waals surface area contributed by atoms with Gasteiger partial charge >= 0.3 is 5.76 Å². The molecule has 0 spiro atoms. The minimum Gasteiger partial charge on any atom is -0.407 e. The molecule has 0 atom stereocenters. The first kappa shape index (κ1) is 21.1. The number of hydrogen-bond donors (Lipinski definition) is 1. The number of nitrogens with zero attached hydrogens (tertiary/aromatic N) is 3. The Morgan fingerprint density at radius 1 is 1.32 bits per heavy atom. The SMILES string of the molecule is CN(CC(=O)NC(C)(C)C)C(=O)CCCn1c(=O)oc2cc([N+](=O)[O-])ccc21. The summed E-state index contributed by atoms with van der Waals surface area (Å²) in [5.74, 6) is -1.11. The molecule has 0 aliphatic carbocycles. The van der Waals surface area contributed by atoms with E-state index in [0.29, 0.717) is 11.9 Å². The summed E-state index contributed by atoms with van der Waals surface area (Å²) in [7, 11) is 1.54. The molecule has 2 aromatic rings. The van der Waals surface area contributed by atoms with Gasteiger partial charge in [-0.2, -0.15) is 0 Å². The van der Waals surface area contributed by atoms with Crippen LogP contribution in [0.15, 0.2) is 27.4 Å². The van der Waals surface area contributed by atoms with Gasteiger partial charge in [0.05, 0.1) is 23.1 Å². The van der Waals surface area contributed by atoms with E-state index in [1.54, 1.807) is 7.05 Å². The van der Waals surface area contributed by atoms with Gasteiger partial charge in [-0.3, -0.25) is 24.3 Å². The average molecular weight is 392 g/mol. The van der Waals surface area contributed by atoms with Crippen molar-refractivity contribution in [1.82, 2.24) is 14.8 Å². The lowest BCUT2D eigenvalue weighted by atomic mass is 10.1. The van der Waals surface area contributed by atoms with Gasteiger partial charge in [-0.05, 0) is 33.3 Å². The zero-order valence-corrected chi connectivity index (χ0v) is 16.4. The maximum Gasteiger partial charge on any atom is 0.419 e. The number of likely N-dealkylation sites (N-methyl/N-ethyl adjacent to an activating group) is 1. The molecule has 10 nitrogen and oxygen atoms in total. The van der Waals surface area contributed by atoms with Gasteiger partial charge < -0.3 is 14.6 Å². The van der Waals surface area contributed by atoms with Gasteiger partial charge in [0.15, 0.2) is 5.58 Å². The van der Waals surface area contributed by atoms with Crippen molar-refractivity contribution in [2.75, 3.05) is 13.6 Å². The molecule has 0 bridgehead atoms. The van der Waals surface area contributed by atoms with E-state index in [0.717, 1.165) is 0 Å².